The first-order chi connectivity index (χ1) is 29.9. The van der Waals surface area contributed by atoms with Gasteiger partial charge in [0.25, 0.3) is 5.91 Å². The number of nitrogens with zero attached hydrogens (tertiary/aromatic N) is 2. The van der Waals surface area contributed by atoms with Crippen molar-refractivity contribution in [2.24, 2.45) is 0 Å². The third kappa shape index (κ3) is 14.8. The fraction of sp³-hybridized carbons (Fsp3) is 0.750. The lowest BCUT2D eigenvalue weighted by Gasteiger charge is -2.48. The molecule has 0 saturated carbocycles. The molecular formula is C40H58N2O22. The quantitative estimate of drug-likeness (QED) is 0.0733. The van der Waals surface area contributed by atoms with Gasteiger partial charge in [0.2, 0.25) is 0 Å². The molecular weight excluding hydrogens is 860 g/mol. The number of ether oxygens (including phenoxy) is 12. The van der Waals surface area contributed by atoms with Gasteiger partial charge in [-0.3, -0.25) is 48.1 Å². The Labute approximate surface area is 368 Å². The number of esters is 8. The van der Waals surface area contributed by atoms with E-state index in [0.29, 0.717) is 0 Å². The number of rotatable bonds is 19. The molecule has 3 saturated heterocycles. The number of carbonyl (C=O) groups excluding carboxylic acids is 10. The highest BCUT2D eigenvalue weighted by molar-refractivity contribution is 6.06. The molecule has 3 heterocycles. The Morgan fingerprint density at radius 1 is 0.578 bits per heavy atom. The first kappa shape index (κ1) is 52.9. The summed E-state index contributed by atoms with van der Waals surface area (Å²) in [6, 6.07) is -1.84. The molecule has 0 N–H and O–H groups in total. The topological polar surface area (TPSA) is 288 Å². The van der Waals surface area contributed by atoms with Crippen LogP contribution in [0.3, 0.4) is 0 Å². The van der Waals surface area contributed by atoms with Crippen molar-refractivity contribution in [2.45, 2.75) is 162 Å². The predicted octanol–water partition coefficient (Wildman–Crippen LogP) is 0.397. The second kappa shape index (κ2) is 23.5. The number of hydrogen-bond donors (Lipinski definition) is 0. The Kier molecular flexibility index (Phi) is 19.4. The molecule has 0 spiro atoms. The maximum absolute atomic E-state index is 13.5. The van der Waals surface area contributed by atoms with Gasteiger partial charge in [-0.25, -0.2) is 4.79 Å². The number of hydrogen-bond acceptors (Lipinski definition) is 22. The van der Waals surface area contributed by atoms with E-state index in [1.165, 1.54) is 4.90 Å². The number of imide groups is 1. The van der Waals surface area contributed by atoms with Crippen LogP contribution in [0, 0.1) is 0 Å². The van der Waals surface area contributed by atoms with Gasteiger partial charge in [0, 0.05) is 60.5 Å². The zero-order valence-corrected chi connectivity index (χ0v) is 37.7. The Morgan fingerprint density at radius 2 is 1.02 bits per heavy atom. The normalized spacial score (nSPS) is 28.1. The number of urea groups is 1. The van der Waals surface area contributed by atoms with Crippen LogP contribution in [0.2, 0.25) is 0 Å². The van der Waals surface area contributed by atoms with E-state index in [1.54, 1.807) is 27.7 Å². The summed E-state index contributed by atoms with van der Waals surface area (Å²) in [6.45, 7) is 12.2. The minimum absolute atomic E-state index is 0.000488. The smallest absolute Gasteiger partial charge is 0.327 e. The average molecular weight is 919 g/mol. The monoisotopic (exact) mass is 918 g/mol. The molecule has 3 aliphatic heterocycles. The van der Waals surface area contributed by atoms with Crippen LogP contribution in [0.25, 0.3) is 0 Å². The van der Waals surface area contributed by atoms with Gasteiger partial charge in [-0.2, -0.15) is 0 Å². The van der Waals surface area contributed by atoms with Crippen molar-refractivity contribution in [3.05, 3.63) is 0 Å². The molecule has 3 fully saturated rings. The second-order valence-corrected chi connectivity index (χ2v) is 15.7. The van der Waals surface area contributed by atoms with E-state index in [9.17, 15) is 47.9 Å². The first-order valence-electron chi connectivity index (χ1n) is 20.4. The minimum Gasteiger partial charge on any atom is -0.466 e. The van der Waals surface area contributed by atoms with Crippen LogP contribution < -0.4 is 0 Å². The molecule has 3 rings (SSSR count). The highest BCUT2D eigenvalue weighted by atomic mass is 16.8. The van der Waals surface area contributed by atoms with E-state index in [2.05, 4.69) is 0 Å². The van der Waals surface area contributed by atoms with Crippen molar-refractivity contribution in [1.29, 1.82) is 0 Å². The van der Waals surface area contributed by atoms with Gasteiger partial charge in [-0.1, -0.05) is 0 Å². The Balaban J connectivity index is 2.05. The lowest BCUT2D eigenvalue weighted by molar-refractivity contribution is -0.361. The third-order valence-electron chi connectivity index (χ3n) is 9.37. The molecule has 0 aromatic rings. The molecule has 11 atom stereocenters. The summed E-state index contributed by atoms with van der Waals surface area (Å²) in [6.07, 6.45) is -17.0. The van der Waals surface area contributed by atoms with E-state index < -0.39 is 152 Å². The predicted molar refractivity (Wildman–Crippen MR) is 208 cm³/mol. The summed E-state index contributed by atoms with van der Waals surface area (Å²) in [5.74, 6) is -7.54. The molecule has 0 aromatic heterocycles. The zero-order chi connectivity index (χ0) is 48.2. The first-order valence-corrected chi connectivity index (χ1v) is 20.4. The van der Waals surface area contributed by atoms with Crippen molar-refractivity contribution in [3.63, 3.8) is 0 Å². The molecule has 24 heteroatoms. The van der Waals surface area contributed by atoms with Crippen LogP contribution in [-0.4, -0.2) is 175 Å². The van der Waals surface area contributed by atoms with Crippen LogP contribution in [0.1, 0.15) is 89.0 Å². The van der Waals surface area contributed by atoms with Crippen molar-refractivity contribution in [3.8, 4) is 0 Å². The molecule has 0 aliphatic carbocycles. The lowest BCUT2D eigenvalue weighted by Crippen LogP contribution is -2.67. The summed E-state index contributed by atoms with van der Waals surface area (Å²) in [7, 11) is 0. The maximum atomic E-state index is 13.5. The highest BCUT2D eigenvalue weighted by Gasteiger charge is 2.58. The fourth-order valence-corrected chi connectivity index (χ4v) is 7.12. The van der Waals surface area contributed by atoms with E-state index in [0.717, 1.165) is 53.4 Å². The van der Waals surface area contributed by atoms with E-state index >= 15 is 0 Å². The zero-order valence-electron chi connectivity index (χ0n) is 37.7. The number of carbonyl (C=O) groups is 10. The average Bonchev–Trinajstić information content (AvgIpc) is 3.39. The van der Waals surface area contributed by atoms with Gasteiger partial charge >= 0.3 is 53.8 Å². The summed E-state index contributed by atoms with van der Waals surface area (Å²) >= 11 is 0. The van der Waals surface area contributed by atoms with Crippen LogP contribution in [0.4, 0.5) is 4.79 Å². The second-order valence-electron chi connectivity index (χ2n) is 15.7. The Hall–Kier alpha value is -5.46. The Morgan fingerprint density at radius 3 is 1.48 bits per heavy atom. The van der Waals surface area contributed by atoms with Crippen molar-refractivity contribution < 1.29 is 105 Å². The van der Waals surface area contributed by atoms with E-state index in [1.807, 2.05) is 0 Å². The van der Waals surface area contributed by atoms with Crippen LogP contribution in [-0.2, 0) is 100.0 Å². The summed E-state index contributed by atoms with van der Waals surface area (Å²) in [4.78, 5) is 128. The molecule has 1 unspecified atom stereocenters. The molecule has 360 valence electrons. The summed E-state index contributed by atoms with van der Waals surface area (Å²) in [5, 5.41) is 0. The molecule has 64 heavy (non-hydrogen) atoms. The summed E-state index contributed by atoms with van der Waals surface area (Å²) in [5.41, 5.74) is -0.934. The lowest BCUT2D eigenvalue weighted by atomic mass is 9.96. The summed E-state index contributed by atoms with van der Waals surface area (Å²) < 4.78 is 67.8. The van der Waals surface area contributed by atoms with Gasteiger partial charge < -0.3 is 61.7 Å². The largest absolute Gasteiger partial charge is 0.466 e. The van der Waals surface area contributed by atoms with Crippen LogP contribution in [0.5, 0.6) is 0 Å². The Bertz CT molecular complexity index is 1750. The van der Waals surface area contributed by atoms with Crippen molar-refractivity contribution in [1.82, 2.24) is 9.80 Å². The molecule has 0 radical (unpaired) electrons. The number of amides is 3. The third-order valence-corrected chi connectivity index (χ3v) is 9.37. The van der Waals surface area contributed by atoms with E-state index in [4.69, 9.17) is 56.8 Å². The van der Waals surface area contributed by atoms with Gasteiger partial charge in [-0.05, 0) is 34.1 Å². The fourth-order valence-electron chi connectivity index (χ4n) is 7.12. The standard InChI is InChI=1S/C40H58N2O22/c1-12-53-29(50)16-26-36(51)42(40(9,10)11)39(52)41(26)14-13-15-54-37-34(60-24(7)48)33(59-23(6)47)31(28(62-37)18-56-20(3)44)64-38-35(61-25(8)49)32(58-22(5)46)30(57-21(4)45)27(63-38)17-55-19(2)43/h26-28,30-35,37-38H,12-18H2,1-11H3/t26?,27-,28-,30+,31-,32+,33+,34-,35-,37-,38+/m1/s1. The maximum Gasteiger partial charge on any atom is 0.327 e. The molecule has 3 aliphatic rings. The molecule has 0 bridgehead atoms. The van der Waals surface area contributed by atoms with Crippen molar-refractivity contribution in [2.75, 3.05) is 33.0 Å². The van der Waals surface area contributed by atoms with Gasteiger partial charge in [0.1, 0.15) is 37.6 Å². The molecule has 3 amide bonds. The molecule has 24 nitrogen and oxygen atoms in total. The van der Waals surface area contributed by atoms with Gasteiger partial charge in [0.05, 0.1) is 19.6 Å². The van der Waals surface area contributed by atoms with Crippen LogP contribution in [0.15, 0.2) is 0 Å². The molecule has 0 aromatic carbocycles. The minimum atomic E-state index is -1.88. The van der Waals surface area contributed by atoms with E-state index in [-0.39, 0.29) is 26.2 Å². The van der Waals surface area contributed by atoms with Gasteiger partial charge in [0.15, 0.2) is 43.1 Å². The van der Waals surface area contributed by atoms with Crippen LogP contribution >= 0.6 is 0 Å². The van der Waals surface area contributed by atoms with Gasteiger partial charge in [-0.15, -0.1) is 0 Å². The SMILES string of the molecule is CCOC(=O)CC1C(=O)N(C(C)(C)C)C(=O)N1CCCO[C@@H]1O[C@H](COC(C)=O)[C@@H](O[C@@H]2O[C@H](COC(C)=O)[C@H](OC(C)=O)[C@H](OC(C)=O)[C@H]2OC(C)=O)[C@H](OC(C)=O)[C@H]1OC(C)=O. The highest BCUT2D eigenvalue weighted by Crippen LogP contribution is 2.36. The van der Waals surface area contributed by atoms with Crippen molar-refractivity contribution >= 4 is 59.7 Å².